The van der Waals surface area contributed by atoms with Crippen LogP contribution >= 0.6 is 0 Å². The number of benzene rings is 1. The normalized spacial score (nSPS) is 14.7. The molecule has 0 N–H and O–H groups in total. The van der Waals surface area contributed by atoms with Crippen LogP contribution < -0.4 is 0 Å². The van der Waals surface area contributed by atoms with Crippen molar-refractivity contribution in [1.29, 1.82) is 0 Å². The summed E-state index contributed by atoms with van der Waals surface area (Å²) in [6, 6.07) is 5.88. The fourth-order valence-corrected chi connectivity index (χ4v) is 2.38. The van der Waals surface area contributed by atoms with Crippen LogP contribution in [0.1, 0.15) is 27.9 Å². The Kier molecular flexibility index (Phi) is 2.54. The highest BCUT2D eigenvalue weighted by molar-refractivity contribution is 6.07. The Morgan fingerprint density at radius 3 is 2.78 bits per heavy atom. The molecule has 1 saturated heterocycles. The second-order valence-electron chi connectivity index (χ2n) is 4.91. The van der Waals surface area contributed by atoms with Gasteiger partial charge in [0.2, 0.25) is 0 Å². The average Bonchev–Trinajstić information content (AvgIpc) is 2.31. The van der Waals surface area contributed by atoms with E-state index in [1.54, 1.807) is 6.20 Å². The molecule has 3 rings (SSSR count). The van der Waals surface area contributed by atoms with Crippen LogP contribution in [0.3, 0.4) is 0 Å². The lowest BCUT2D eigenvalue weighted by molar-refractivity contribution is 0.0654. The maximum Gasteiger partial charge on any atom is 0.254 e. The van der Waals surface area contributed by atoms with Crippen molar-refractivity contribution in [3.63, 3.8) is 0 Å². The van der Waals surface area contributed by atoms with Gasteiger partial charge in [0, 0.05) is 30.2 Å². The minimum Gasteiger partial charge on any atom is -0.338 e. The van der Waals surface area contributed by atoms with Gasteiger partial charge in [0.15, 0.2) is 0 Å². The molecular weight excluding hydrogens is 224 g/mol. The van der Waals surface area contributed by atoms with Crippen molar-refractivity contribution in [2.24, 2.45) is 0 Å². The fourth-order valence-electron chi connectivity index (χ4n) is 2.38. The van der Waals surface area contributed by atoms with Gasteiger partial charge in [-0.3, -0.25) is 9.78 Å². The van der Waals surface area contributed by atoms with E-state index < -0.39 is 0 Å². The number of aryl methyl sites for hydroxylation is 2. The summed E-state index contributed by atoms with van der Waals surface area (Å²) in [6.45, 7) is 5.86. The summed E-state index contributed by atoms with van der Waals surface area (Å²) in [5.41, 5.74) is 4.03. The van der Waals surface area contributed by atoms with Gasteiger partial charge in [0.1, 0.15) is 0 Å². The number of aromatic nitrogens is 1. The zero-order chi connectivity index (χ0) is 12.7. The summed E-state index contributed by atoms with van der Waals surface area (Å²) in [6.07, 6.45) is 2.90. The van der Waals surface area contributed by atoms with Crippen molar-refractivity contribution in [2.75, 3.05) is 13.1 Å². The van der Waals surface area contributed by atoms with Gasteiger partial charge >= 0.3 is 0 Å². The summed E-state index contributed by atoms with van der Waals surface area (Å²) in [7, 11) is 0. The van der Waals surface area contributed by atoms with E-state index in [0.717, 1.165) is 47.1 Å². The summed E-state index contributed by atoms with van der Waals surface area (Å²) in [5, 5.41) is 0.970. The molecule has 1 aromatic heterocycles. The number of fused-ring (bicyclic) bond motifs is 1. The Morgan fingerprint density at radius 1 is 1.33 bits per heavy atom. The number of pyridine rings is 1. The van der Waals surface area contributed by atoms with E-state index in [4.69, 9.17) is 0 Å². The highest BCUT2D eigenvalue weighted by Crippen LogP contribution is 2.25. The van der Waals surface area contributed by atoms with Crippen LogP contribution in [0.4, 0.5) is 0 Å². The van der Waals surface area contributed by atoms with Crippen LogP contribution in [0, 0.1) is 13.8 Å². The third-order valence-electron chi connectivity index (χ3n) is 3.78. The van der Waals surface area contributed by atoms with Crippen LogP contribution in [-0.2, 0) is 0 Å². The maximum absolute atomic E-state index is 12.4. The summed E-state index contributed by atoms with van der Waals surface area (Å²) in [5.74, 6) is 0.141. The summed E-state index contributed by atoms with van der Waals surface area (Å²) >= 11 is 0. The van der Waals surface area contributed by atoms with Gasteiger partial charge in [0.25, 0.3) is 5.91 Å². The van der Waals surface area contributed by atoms with Crippen molar-refractivity contribution in [3.8, 4) is 0 Å². The van der Waals surface area contributed by atoms with E-state index in [1.807, 2.05) is 30.0 Å². The first-order valence-electron chi connectivity index (χ1n) is 6.32. The van der Waals surface area contributed by atoms with E-state index in [9.17, 15) is 4.79 Å². The number of nitrogens with zero attached hydrogens (tertiary/aromatic N) is 2. The van der Waals surface area contributed by atoms with Crippen molar-refractivity contribution >= 4 is 16.8 Å². The second kappa shape index (κ2) is 4.09. The molecule has 2 aromatic rings. The summed E-state index contributed by atoms with van der Waals surface area (Å²) in [4.78, 5) is 18.7. The van der Waals surface area contributed by atoms with Crippen molar-refractivity contribution in [3.05, 3.63) is 41.1 Å². The van der Waals surface area contributed by atoms with Crippen molar-refractivity contribution in [1.82, 2.24) is 9.88 Å². The number of carbonyl (C=O) groups is 1. The number of hydrogen-bond donors (Lipinski definition) is 0. The topological polar surface area (TPSA) is 33.2 Å². The molecule has 2 heterocycles. The first-order chi connectivity index (χ1) is 8.68. The number of amides is 1. The van der Waals surface area contributed by atoms with E-state index >= 15 is 0 Å². The molecule has 1 aliphatic rings. The molecule has 0 atom stereocenters. The van der Waals surface area contributed by atoms with Gasteiger partial charge in [-0.15, -0.1) is 0 Å². The molecule has 1 fully saturated rings. The monoisotopic (exact) mass is 240 g/mol. The summed E-state index contributed by atoms with van der Waals surface area (Å²) < 4.78 is 0. The number of likely N-dealkylation sites (tertiary alicyclic amines) is 1. The lowest BCUT2D eigenvalue weighted by Gasteiger charge is -2.31. The van der Waals surface area contributed by atoms with Crippen LogP contribution in [0.15, 0.2) is 24.4 Å². The Bertz CT molecular complexity index is 630. The number of hydrogen-bond acceptors (Lipinski definition) is 2. The SMILES string of the molecule is Cc1cc(C(=O)N2CCC2)c2cccnc2c1C. The number of rotatable bonds is 1. The Labute approximate surface area is 106 Å². The lowest BCUT2D eigenvalue weighted by atomic mass is 9.98. The molecule has 0 radical (unpaired) electrons. The number of carbonyl (C=O) groups excluding carboxylic acids is 1. The Hall–Kier alpha value is -1.90. The fraction of sp³-hybridized carbons (Fsp3) is 0.333. The maximum atomic E-state index is 12.4. The van der Waals surface area contributed by atoms with Crippen molar-refractivity contribution < 1.29 is 4.79 Å². The van der Waals surface area contributed by atoms with Crippen LogP contribution in [0.2, 0.25) is 0 Å². The van der Waals surface area contributed by atoms with E-state index in [0.29, 0.717) is 0 Å². The molecule has 1 aliphatic heterocycles. The molecule has 0 bridgehead atoms. The molecular formula is C15H16N2O. The lowest BCUT2D eigenvalue weighted by Crippen LogP contribution is -2.42. The van der Waals surface area contributed by atoms with Gasteiger partial charge in [-0.25, -0.2) is 0 Å². The van der Waals surface area contributed by atoms with Crippen LogP contribution in [0.25, 0.3) is 10.9 Å². The zero-order valence-electron chi connectivity index (χ0n) is 10.7. The molecule has 0 saturated carbocycles. The van der Waals surface area contributed by atoms with Crippen LogP contribution in [0.5, 0.6) is 0 Å². The Morgan fingerprint density at radius 2 is 2.11 bits per heavy atom. The largest absolute Gasteiger partial charge is 0.338 e. The molecule has 3 heteroatoms. The molecule has 0 aliphatic carbocycles. The molecule has 18 heavy (non-hydrogen) atoms. The highest BCUT2D eigenvalue weighted by atomic mass is 16.2. The predicted molar refractivity (Wildman–Crippen MR) is 71.7 cm³/mol. The third kappa shape index (κ3) is 1.58. The first kappa shape index (κ1) is 11.2. The smallest absolute Gasteiger partial charge is 0.254 e. The molecule has 1 aromatic carbocycles. The quantitative estimate of drug-likeness (QED) is 0.767. The zero-order valence-corrected chi connectivity index (χ0v) is 10.7. The van der Waals surface area contributed by atoms with Gasteiger partial charge in [-0.1, -0.05) is 6.07 Å². The molecule has 3 nitrogen and oxygen atoms in total. The van der Waals surface area contributed by atoms with E-state index in [2.05, 4.69) is 11.9 Å². The minimum atomic E-state index is 0.141. The molecule has 1 amide bonds. The molecule has 0 spiro atoms. The highest BCUT2D eigenvalue weighted by Gasteiger charge is 2.24. The third-order valence-corrected chi connectivity index (χ3v) is 3.78. The Balaban J connectivity index is 2.22. The van der Waals surface area contributed by atoms with Gasteiger partial charge in [-0.2, -0.15) is 0 Å². The van der Waals surface area contributed by atoms with Gasteiger partial charge in [0.05, 0.1) is 5.52 Å². The average molecular weight is 240 g/mol. The van der Waals surface area contributed by atoms with Gasteiger partial charge in [-0.05, 0) is 43.5 Å². The predicted octanol–water partition coefficient (Wildman–Crippen LogP) is 2.70. The van der Waals surface area contributed by atoms with Crippen molar-refractivity contribution in [2.45, 2.75) is 20.3 Å². The molecule has 0 unspecified atom stereocenters. The molecule has 92 valence electrons. The van der Waals surface area contributed by atoms with Gasteiger partial charge < -0.3 is 4.90 Å². The standard InChI is InChI=1S/C15H16N2O/c1-10-9-13(15(18)17-7-4-8-17)12-5-3-6-16-14(12)11(10)2/h3,5-6,9H,4,7-8H2,1-2H3. The second-order valence-corrected chi connectivity index (χ2v) is 4.91. The minimum absolute atomic E-state index is 0.141. The van der Waals surface area contributed by atoms with E-state index in [1.165, 1.54) is 0 Å². The first-order valence-corrected chi connectivity index (χ1v) is 6.32. The van der Waals surface area contributed by atoms with Crippen LogP contribution in [-0.4, -0.2) is 28.9 Å². The van der Waals surface area contributed by atoms with E-state index in [-0.39, 0.29) is 5.91 Å².